The molecular weight excluding hydrogens is 288 g/mol. The number of para-hydroxylation sites is 2. The van der Waals surface area contributed by atoms with Gasteiger partial charge in [0, 0.05) is 26.1 Å². The van der Waals surface area contributed by atoms with E-state index >= 15 is 0 Å². The molecule has 2 fully saturated rings. The fraction of sp³-hybridized carbons (Fsp3) is 0.632. The van der Waals surface area contributed by atoms with E-state index in [1.165, 1.54) is 12.8 Å². The highest BCUT2D eigenvalue weighted by Crippen LogP contribution is 2.38. The molecule has 4 heteroatoms. The van der Waals surface area contributed by atoms with Crippen LogP contribution >= 0.6 is 0 Å². The second-order valence-electron chi connectivity index (χ2n) is 7.10. The first-order valence-electron chi connectivity index (χ1n) is 8.82. The molecule has 1 saturated carbocycles. The van der Waals surface area contributed by atoms with Crippen LogP contribution in [0.2, 0.25) is 0 Å². The Balaban J connectivity index is 1.45. The van der Waals surface area contributed by atoms with E-state index in [-0.39, 0.29) is 5.91 Å². The number of hydrogen-bond acceptors (Lipinski definition) is 3. The molecule has 1 aromatic rings. The molecule has 0 spiro atoms. The zero-order valence-electron chi connectivity index (χ0n) is 14.3. The van der Waals surface area contributed by atoms with Gasteiger partial charge in [0.15, 0.2) is 0 Å². The number of nitrogens with one attached hydrogen (secondary N) is 1. The van der Waals surface area contributed by atoms with Gasteiger partial charge >= 0.3 is 0 Å². The number of rotatable bonds is 7. The molecule has 3 rings (SSSR count). The van der Waals surface area contributed by atoms with Crippen molar-refractivity contribution in [2.24, 2.45) is 17.8 Å². The van der Waals surface area contributed by atoms with Gasteiger partial charge in [-0.05, 0) is 49.1 Å². The summed E-state index contributed by atoms with van der Waals surface area (Å²) in [6.45, 7) is 5.01. The Hall–Kier alpha value is -1.71. The lowest BCUT2D eigenvalue weighted by Gasteiger charge is -2.21. The van der Waals surface area contributed by atoms with Crippen LogP contribution in [0.4, 0.5) is 5.69 Å². The number of carbonyl (C=O) groups is 1. The summed E-state index contributed by atoms with van der Waals surface area (Å²) in [6.07, 6.45) is 4.43. The largest absolute Gasteiger partial charge is 0.495 e. The summed E-state index contributed by atoms with van der Waals surface area (Å²) in [5, 5.41) is 3.14. The molecule has 1 amide bonds. The summed E-state index contributed by atoms with van der Waals surface area (Å²) in [4.78, 5) is 14.4. The van der Waals surface area contributed by atoms with Gasteiger partial charge in [0.1, 0.15) is 5.75 Å². The number of hydrogen-bond donors (Lipinski definition) is 1. The maximum absolute atomic E-state index is 12.0. The van der Waals surface area contributed by atoms with Gasteiger partial charge in [-0.2, -0.15) is 0 Å². The summed E-state index contributed by atoms with van der Waals surface area (Å²) >= 11 is 0. The molecule has 1 aliphatic carbocycles. The standard InChI is InChI=1S/C19H28N2O2/c1-14(16-7-8-16)11-19(22)20-12-15-9-10-21(13-15)17-5-3-4-6-18(17)23-2/h3-6,14-16H,7-13H2,1-2H3,(H,20,22)/t14-,15-/m0/s1. The first-order chi connectivity index (χ1) is 11.2. The van der Waals surface area contributed by atoms with E-state index in [1.807, 2.05) is 18.2 Å². The van der Waals surface area contributed by atoms with Gasteiger partial charge in [0.25, 0.3) is 0 Å². The SMILES string of the molecule is COc1ccccc1N1CC[C@@H](CNC(=O)C[C@H](C)C2CC2)C1. The maximum atomic E-state index is 12.0. The Morgan fingerprint density at radius 1 is 1.35 bits per heavy atom. The number of methoxy groups -OCH3 is 1. The van der Waals surface area contributed by atoms with E-state index in [4.69, 9.17) is 4.74 Å². The Labute approximate surface area is 139 Å². The van der Waals surface area contributed by atoms with Gasteiger partial charge in [-0.1, -0.05) is 19.1 Å². The first-order valence-corrected chi connectivity index (χ1v) is 8.82. The number of carbonyl (C=O) groups excluding carboxylic acids is 1. The van der Waals surface area contributed by atoms with Crippen molar-refractivity contribution >= 4 is 11.6 Å². The Bertz CT molecular complexity index is 542. The highest BCUT2D eigenvalue weighted by Gasteiger charge is 2.30. The first kappa shape index (κ1) is 16.2. The number of amides is 1. The van der Waals surface area contributed by atoms with Gasteiger partial charge < -0.3 is 15.0 Å². The van der Waals surface area contributed by atoms with Gasteiger partial charge in [-0.3, -0.25) is 4.79 Å². The molecule has 1 heterocycles. The van der Waals surface area contributed by atoms with Gasteiger partial charge in [-0.15, -0.1) is 0 Å². The van der Waals surface area contributed by atoms with E-state index in [0.29, 0.717) is 18.3 Å². The molecule has 2 atom stereocenters. The van der Waals surface area contributed by atoms with Crippen molar-refractivity contribution in [1.82, 2.24) is 5.32 Å². The van der Waals surface area contributed by atoms with Gasteiger partial charge in [0.2, 0.25) is 5.91 Å². The number of nitrogens with zero attached hydrogens (tertiary/aromatic N) is 1. The van der Waals surface area contributed by atoms with Crippen molar-refractivity contribution in [3.05, 3.63) is 24.3 Å². The third kappa shape index (κ3) is 4.18. The predicted octanol–water partition coefficient (Wildman–Crippen LogP) is 3.07. The van der Waals surface area contributed by atoms with E-state index < -0.39 is 0 Å². The van der Waals surface area contributed by atoms with Crippen LogP contribution in [-0.2, 0) is 4.79 Å². The van der Waals surface area contributed by atoms with E-state index in [1.54, 1.807) is 7.11 Å². The Kier molecular flexibility index (Phi) is 5.09. The number of anilines is 1. The topological polar surface area (TPSA) is 41.6 Å². The van der Waals surface area contributed by atoms with Crippen molar-refractivity contribution in [3.63, 3.8) is 0 Å². The molecule has 1 N–H and O–H groups in total. The zero-order valence-corrected chi connectivity index (χ0v) is 14.3. The second kappa shape index (κ2) is 7.24. The third-order valence-corrected chi connectivity index (χ3v) is 5.23. The van der Waals surface area contributed by atoms with Crippen LogP contribution < -0.4 is 15.0 Å². The molecule has 126 valence electrons. The number of benzene rings is 1. The molecule has 1 aromatic carbocycles. The lowest BCUT2D eigenvalue weighted by atomic mass is 10.0. The number of ether oxygens (including phenoxy) is 1. The van der Waals surface area contributed by atoms with Crippen molar-refractivity contribution in [1.29, 1.82) is 0 Å². The van der Waals surface area contributed by atoms with E-state index in [0.717, 1.165) is 43.4 Å². The molecule has 0 radical (unpaired) electrons. The molecule has 4 nitrogen and oxygen atoms in total. The molecule has 2 aliphatic rings. The minimum absolute atomic E-state index is 0.222. The molecule has 0 aromatic heterocycles. The summed E-state index contributed by atoms with van der Waals surface area (Å²) in [5.74, 6) is 3.02. The third-order valence-electron chi connectivity index (χ3n) is 5.23. The fourth-order valence-electron chi connectivity index (χ4n) is 3.56. The van der Waals surface area contributed by atoms with E-state index in [9.17, 15) is 4.79 Å². The Morgan fingerprint density at radius 3 is 2.87 bits per heavy atom. The van der Waals surface area contributed by atoms with Crippen LogP contribution in [0.3, 0.4) is 0 Å². The van der Waals surface area contributed by atoms with Crippen molar-refractivity contribution in [2.45, 2.75) is 32.6 Å². The van der Waals surface area contributed by atoms with Crippen LogP contribution in [0.5, 0.6) is 5.75 Å². The highest BCUT2D eigenvalue weighted by molar-refractivity contribution is 5.76. The fourth-order valence-corrected chi connectivity index (χ4v) is 3.56. The smallest absolute Gasteiger partial charge is 0.220 e. The molecule has 1 aliphatic heterocycles. The molecule has 1 saturated heterocycles. The van der Waals surface area contributed by atoms with Crippen molar-refractivity contribution < 1.29 is 9.53 Å². The summed E-state index contributed by atoms with van der Waals surface area (Å²) in [7, 11) is 1.72. The summed E-state index contributed by atoms with van der Waals surface area (Å²) in [5.41, 5.74) is 1.16. The summed E-state index contributed by atoms with van der Waals surface area (Å²) < 4.78 is 5.45. The minimum atomic E-state index is 0.222. The highest BCUT2D eigenvalue weighted by atomic mass is 16.5. The average molecular weight is 316 g/mol. The van der Waals surface area contributed by atoms with Crippen molar-refractivity contribution in [3.8, 4) is 5.75 Å². The van der Waals surface area contributed by atoms with Crippen LogP contribution in [0.25, 0.3) is 0 Å². The molecule has 0 bridgehead atoms. The molecule has 23 heavy (non-hydrogen) atoms. The average Bonchev–Trinajstić information content (AvgIpc) is 3.32. The minimum Gasteiger partial charge on any atom is -0.495 e. The lowest BCUT2D eigenvalue weighted by molar-refractivity contribution is -0.122. The quantitative estimate of drug-likeness (QED) is 0.840. The molecular formula is C19H28N2O2. The Morgan fingerprint density at radius 2 is 2.13 bits per heavy atom. The second-order valence-corrected chi connectivity index (χ2v) is 7.10. The van der Waals surface area contributed by atoms with Crippen LogP contribution in [-0.4, -0.2) is 32.7 Å². The summed E-state index contributed by atoms with van der Waals surface area (Å²) in [6, 6.07) is 8.16. The van der Waals surface area contributed by atoms with Crippen LogP contribution in [0.1, 0.15) is 32.6 Å². The predicted molar refractivity (Wildman–Crippen MR) is 92.8 cm³/mol. The van der Waals surface area contributed by atoms with Gasteiger partial charge in [-0.25, -0.2) is 0 Å². The zero-order chi connectivity index (χ0) is 16.2. The van der Waals surface area contributed by atoms with Crippen LogP contribution in [0.15, 0.2) is 24.3 Å². The monoisotopic (exact) mass is 316 g/mol. The molecule has 0 unspecified atom stereocenters. The normalized spacial score (nSPS) is 22.0. The van der Waals surface area contributed by atoms with Crippen LogP contribution in [0, 0.1) is 17.8 Å². The maximum Gasteiger partial charge on any atom is 0.220 e. The lowest BCUT2D eigenvalue weighted by Crippen LogP contribution is -2.32. The van der Waals surface area contributed by atoms with Crippen molar-refractivity contribution in [2.75, 3.05) is 31.6 Å². The van der Waals surface area contributed by atoms with E-state index in [2.05, 4.69) is 23.2 Å². The van der Waals surface area contributed by atoms with Gasteiger partial charge in [0.05, 0.1) is 12.8 Å².